The van der Waals surface area contributed by atoms with Gasteiger partial charge in [0.25, 0.3) is 0 Å². The summed E-state index contributed by atoms with van der Waals surface area (Å²) in [5.74, 6) is 0.0599. The molecule has 0 unspecified atom stereocenters. The maximum Gasteiger partial charge on any atom is 0.189 e. The number of nitrogens with zero attached hydrogens (tertiary/aromatic N) is 2. The van der Waals surface area contributed by atoms with Crippen molar-refractivity contribution in [3.63, 3.8) is 0 Å². The molecule has 0 aromatic carbocycles. The van der Waals surface area contributed by atoms with Crippen molar-refractivity contribution in [2.75, 3.05) is 6.54 Å². The van der Waals surface area contributed by atoms with Gasteiger partial charge in [-0.3, -0.25) is 9.48 Å². The fourth-order valence-corrected chi connectivity index (χ4v) is 2.92. The van der Waals surface area contributed by atoms with Gasteiger partial charge in [-0.25, -0.2) is 0 Å². The number of hydrogen-bond acceptors (Lipinski definition) is 3. The van der Waals surface area contributed by atoms with E-state index in [1.165, 1.54) is 12.6 Å². The van der Waals surface area contributed by atoms with Crippen LogP contribution in [0, 0.1) is 5.41 Å². The third-order valence-corrected chi connectivity index (χ3v) is 4.07. The predicted molar refractivity (Wildman–Crippen MR) is 67.1 cm³/mol. The minimum Gasteiger partial charge on any atom is -0.329 e. The molecule has 0 atom stereocenters. The first-order valence-electron chi connectivity index (χ1n) is 6.03. The van der Waals surface area contributed by atoms with Gasteiger partial charge in [0.1, 0.15) is 5.69 Å². The first-order valence-corrected chi connectivity index (χ1v) is 6.41. The van der Waals surface area contributed by atoms with Gasteiger partial charge in [-0.05, 0) is 12.8 Å². The van der Waals surface area contributed by atoms with Crippen molar-refractivity contribution in [1.29, 1.82) is 0 Å². The van der Waals surface area contributed by atoms with E-state index in [-0.39, 0.29) is 5.78 Å². The Morgan fingerprint density at radius 3 is 2.65 bits per heavy atom. The van der Waals surface area contributed by atoms with Crippen LogP contribution in [-0.2, 0) is 7.05 Å². The molecule has 94 valence electrons. The lowest BCUT2D eigenvalue weighted by Gasteiger charge is -2.34. The number of hydrogen-bond donors (Lipinski definition) is 1. The molecule has 1 aliphatic rings. The highest BCUT2D eigenvalue weighted by Crippen LogP contribution is 2.39. The first kappa shape index (κ1) is 12.6. The van der Waals surface area contributed by atoms with E-state index >= 15 is 0 Å². The maximum absolute atomic E-state index is 12.6. The highest BCUT2D eigenvalue weighted by molar-refractivity contribution is 6.33. The van der Waals surface area contributed by atoms with Crippen LogP contribution >= 0.6 is 11.6 Å². The Balaban J connectivity index is 2.35. The number of ketones is 1. The fourth-order valence-electron chi connectivity index (χ4n) is 2.67. The molecule has 2 rings (SSSR count). The van der Waals surface area contributed by atoms with E-state index in [2.05, 4.69) is 5.10 Å². The van der Waals surface area contributed by atoms with Crippen molar-refractivity contribution in [2.24, 2.45) is 18.2 Å². The van der Waals surface area contributed by atoms with Gasteiger partial charge in [0, 0.05) is 19.0 Å². The Morgan fingerprint density at radius 2 is 2.18 bits per heavy atom. The highest BCUT2D eigenvalue weighted by Gasteiger charge is 2.40. The lowest BCUT2D eigenvalue weighted by Crippen LogP contribution is -2.41. The molecule has 1 fully saturated rings. The topological polar surface area (TPSA) is 60.9 Å². The zero-order chi connectivity index (χ0) is 12.5. The van der Waals surface area contributed by atoms with Crippen LogP contribution in [0.15, 0.2) is 6.20 Å². The van der Waals surface area contributed by atoms with Crippen molar-refractivity contribution < 1.29 is 4.79 Å². The lowest BCUT2D eigenvalue weighted by atomic mass is 9.70. The van der Waals surface area contributed by atoms with Crippen LogP contribution in [0.2, 0.25) is 5.02 Å². The molecule has 0 amide bonds. The van der Waals surface area contributed by atoms with Crippen molar-refractivity contribution in [1.82, 2.24) is 9.78 Å². The quantitative estimate of drug-likeness (QED) is 0.842. The van der Waals surface area contributed by atoms with Crippen LogP contribution in [-0.4, -0.2) is 22.1 Å². The Labute approximate surface area is 106 Å². The molecule has 0 radical (unpaired) electrons. The number of aromatic nitrogens is 2. The lowest BCUT2D eigenvalue weighted by molar-refractivity contribution is 0.0719. The zero-order valence-corrected chi connectivity index (χ0v) is 10.8. The van der Waals surface area contributed by atoms with Gasteiger partial charge < -0.3 is 5.73 Å². The van der Waals surface area contributed by atoms with Crippen LogP contribution < -0.4 is 5.73 Å². The molecule has 0 spiro atoms. The van der Waals surface area contributed by atoms with Gasteiger partial charge in [-0.2, -0.15) is 5.10 Å². The molecule has 1 aliphatic carbocycles. The van der Waals surface area contributed by atoms with E-state index in [1.807, 2.05) is 0 Å². The third kappa shape index (κ3) is 2.11. The number of Topliss-reactive ketones (excluding diaryl/α,β-unsaturated/α-hetero) is 1. The summed E-state index contributed by atoms with van der Waals surface area (Å²) in [5.41, 5.74) is 5.93. The van der Waals surface area contributed by atoms with Gasteiger partial charge in [0.2, 0.25) is 0 Å². The molecule has 1 heterocycles. The minimum absolute atomic E-state index is 0.0599. The van der Waals surface area contributed by atoms with Crippen molar-refractivity contribution >= 4 is 17.4 Å². The number of halogens is 1. The van der Waals surface area contributed by atoms with Crippen molar-refractivity contribution in [3.05, 3.63) is 16.9 Å². The molecule has 4 nitrogen and oxygen atoms in total. The summed E-state index contributed by atoms with van der Waals surface area (Å²) < 4.78 is 1.55. The van der Waals surface area contributed by atoms with Crippen LogP contribution in [0.3, 0.4) is 0 Å². The molecule has 1 aromatic heterocycles. The molecule has 5 heteroatoms. The van der Waals surface area contributed by atoms with Gasteiger partial charge >= 0.3 is 0 Å². The monoisotopic (exact) mass is 255 g/mol. The number of rotatable bonds is 3. The van der Waals surface area contributed by atoms with E-state index in [0.29, 0.717) is 17.3 Å². The number of carbonyl (C=O) groups excluding carboxylic acids is 1. The second-order valence-electron chi connectivity index (χ2n) is 4.84. The molecule has 0 bridgehead atoms. The zero-order valence-electron chi connectivity index (χ0n) is 10.1. The van der Waals surface area contributed by atoms with E-state index in [0.717, 1.165) is 25.7 Å². The second kappa shape index (κ2) is 4.78. The summed E-state index contributed by atoms with van der Waals surface area (Å²) in [6, 6.07) is 0. The summed E-state index contributed by atoms with van der Waals surface area (Å²) >= 11 is 6.03. The summed E-state index contributed by atoms with van der Waals surface area (Å²) in [4.78, 5) is 12.6. The van der Waals surface area contributed by atoms with E-state index in [1.54, 1.807) is 11.7 Å². The Hall–Kier alpha value is -0.870. The predicted octanol–water partition coefficient (Wildman–Crippen LogP) is 2.17. The van der Waals surface area contributed by atoms with Crippen LogP contribution in [0.25, 0.3) is 0 Å². The van der Waals surface area contributed by atoms with Crippen LogP contribution in [0.4, 0.5) is 0 Å². The standard InChI is InChI=1S/C12H18ClN3O/c1-16-10(9(13)7-15-16)11(17)12(8-14)5-3-2-4-6-12/h7H,2-6,8,14H2,1H3. The molecule has 0 saturated heterocycles. The van der Waals surface area contributed by atoms with Crippen LogP contribution in [0.5, 0.6) is 0 Å². The Morgan fingerprint density at radius 1 is 1.53 bits per heavy atom. The molecule has 17 heavy (non-hydrogen) atoms. The normalized spacial score (nSPS) is 19.2. The Kier molecular flexibility index (Phi) is 3.54. The molecular formula is C12H18ClN3O. The SMILES string of the molecule is Cn1ncc(Cl)c1C(=O)C1(CN)CCCCC1. The molecule has 0 aliphatic heterocycles. The summed E-state index contributed by atoms with van der Waals surface area (Å²) in [7, 11) is 1.74. The molecular weight excluding hydrogens is 238 g/mol. The van der Waals surface area contributed by atoms with Gasteiger partial charge in [0.15, 0.2) is 5.78 Å². The summed E-state index contributed by atoms with van der Waals surface area (Å²) in [6.07, 6.45) is 6.57. The van der Waals surface area contributed by atoms with Gasteiger partial charge in [-0.1, -0.05) is 30.9 Å². The van der Waals surface area contributed by atoms with Crippen molar-refractivity contribution in [2.45, 2.75) is 32.1 Å². The smallest absolute Gasteiger partial charge is 0.189 e. The summed E-state index contributed by atoms with van der Waals surface area (Å²) in [5, 5.41) is 4.45. The molecule has 1 saturated carbocycles. The molecule has 1 aromatic rings. The van der Waals surface area contributed by atoms with Gasteiger partial charge in [-0.15, -0.1) is 0 Å². The average molecular weight is 256 g/mol. The first-order chi connectivity index (χ1) is 8.10. The van der Waals surface area contributed by atoms with Crippen LogP contribution in [0.1, 0.15) is 42.6 Å². The molecule has 2 N–H and O–H groups in total. The second-order valence-corrected chi connectivity index (χ2v) is 5.25. The fraction of sp³-hybridized carbons (Fsp3) is 0.667. The van der Waals surface area contributed by atoms with E-state index in [4.69, 9.17) is 17.3 Å². The highest BCUT2D eigenvalue weighted by atomic mass is 35.5. The van der Waals surface area contributed by atoms with E-state index in [9.17, 15) is 4.79 Å². The maximum atomic E-state index is 12.6. The third-order valence-electron chi connectivity index (χ3n) is 3.79. The minimum atomic E-state index is -0.421. The number of aryl methyl sites for hydroxylation is 1. The van der Waals surface area contributed by atoms with Crippen molar-refractivity contribution in [3.8, 4) is 0 Å². The van der Waals surface area contributed by atoms with Gasteiger partial charge in [0.05, 0.1) is 11.2 Å². The largest absolute Gasteiger partial charge is 0.329 e. The summed E-state index contributed by atoms with van der Waals surface area (Å²) in [6.45, 7) is 0.396. The van der Waals surface area contributed by atoms with E-state index < -0.39 is 5.41 Å². The average Bonchev–Trinajstić information content (AvgIpc) is 2.69. The number of nitrogens with two attached hydrogens (primary N) is 1. The Bertz CT molecular complexity index is 402. The number of carbonyl (C=O) groups is 1.